The molecule has 2 fully saturated rings. The fraction of sp³-hybridized carbons (Fsp3) is 0.600. The van der Waals surface area contributed by atoms with Crippen LogP contribution in [0, 0.1) is 0 Å². The molecular weight excluding hydrogens is 256 g/mol. The molecule has 2 aliphatic rings. The lowest BCUT2D eigenvalue weighted by atomic mass is 9.87. The molecule has 1 aromatic rings. The molecule has 0 spiro atoms. The molecule has 0 radical (unpaired) electrons. The standard InChI is InChI=1S/C15H20N2O3/c18-14(12-4-3-11-20-12)17-9-6-15(19,7-10-17)13-5-1-2-8-16-13/h1-2,5,8,12,19H,3-4,6-7,9-11H2/t12-/m0/s1. The Hall–Kier alpha value is -1.46. The Labute approximate surface area is 118 Å². The van der Waals surface area contributed by atoms with Crippen molar-refractivity contribution in [2.24, 2.45) is 0 Å². The van der Waals surface area contributed by atoms with Crippen LogP contribution in [-0.4, -0.2) is 46.7 Å². The predicted molar refractivity (Wildman–Crippen MR) is 72.9 cm³/mol. The molecule has 108 valence electrons. The lowest BCUT2D eigenvalue weighted by molar-refractivity contribution is -0.145. The van der Waals surface area contributed by atoms with E-state index in [4.69, 9.17) is 4.74 Å². The maximum atomic E-state index is 12.3. The summed E-state index contributed by atoms with van der Waals surface area (Å²) < 4.78 is 5.44. The van der Waals surface area contributed by atoms with Crippen LogP contribution >= 0.6 is 0 Å². The van der Waals surface area contributed by atoms with Gasteiger partial charge in [-0.1, -0.05) is 6.07 Å². The first-order valence-corrected chi connectivity index (χ1v) is 7.23. The summed E-state index contributed by atoms with van der Waals surface area (Å²) in [4.78, 5) is 18.3. The molecule has 5 nitrogen and oxygen atoms in total. The molecule has 0 unspecified atom stereocenters. The maximum Gasteiger partial charge on any atom is 0.251 e. The van der Waals surface area contributed by atoms with E-state index >= 15 is 0 Å². The third kappa shape index (κ3) is 2.55. The van der Waals surface area contributed by atoms with Gasteiger partial charge in [-0.15, -0.1) is 0 Å². The number of aliphatic hydroxyl groups is 1. The van der Waals surface area contributed by atoms with Crippen LogP contribution in [0.1, 0.15) is 31.4 Å². The zero-order chi connectivity index (χ0) is 14.0. The van der Waals surface area contributed by atoms with E-state index < -0.39 is 5.60 Å². The van der Waals surface area contributed by atoms with Gasteiger partial charge >= 0.3 is 0 Å². The minimum absolute atomic E-state index is 0.0746. The first kappa shape index (κ1) is 13.5. The number of likely N-dealkylation sites (tertiary alicyclic amines) is 1. The Balaban J connectivity index is 1.63. The smallest absolute Gasteiger partial charge is 0.251 e. The van der Waals surface area contributed by atoms with Crippen LogP contribution in [-0.2, 0) is 15.1 Å². The van der Waals surface area contributed by atoms with E-state index in [1.54, 1.807) is 6.20 Å². The van der Waals surface area contributed by atoms with Crippen LogP contribution in [0.2, 0.25) is 0 Å². The summed E-state index contributed by atoms with van der Waals surface area (Å²) in [6, 6.07) is 5.56. The fourth-order valence-electron chi connectivity index (χ4n) is 2.97. The van der Waals surface area contributed by atoms with Gasteiger partial charge in [0, 0.05) is 25.9 Å². The van der Waals surface area contributed by atoms with Crippen molar-refractivity contribution >= 4 is 5.91 Å². The Morgan fingerprint density at radius 3 is 2.80 bits per heavy atom. The SMILES string of the molecule is O=C([C@@H]1CCCO1)N1CCC(O)(c2ccccn2)CC1. The van der Waals surface area contributed by atoms with E-state index in [0.717, 1.165) is 12.8 Å². The summed E-state index contributed by atoms with van der Waals surface area (Å²) in [5.41, 5.74) is -0.210. The van der Waals surface area contributed by atoms with Gasteiger partial charge in [0.15, 0.2) is 0 Å². The van der Waals surface area contributed by atoms with E-state index in [-0.39, 0.29) is 12.0 Å². The monoisotopic (exact) mass is 276 g/mol. The number of amides is 1. The van der Waals surface area contributed by atoms with Gasteiger partial charge in [-0.05, 0) is 37.8 Å². The summed E-state index contributed by atoms with van der Waals surface area (Å²) in [7, 11) is 0. The largest absolute Gasteiger partial charge is 0.383 e. The molecule has 1 aromatic heterocycles. The highest BCUT2D eigenvalue weighted by Gasteiger charge is 2.38. The minimum atomic E-state index is -0.908. The Kier molecular flexibility index (Phi) is 3.72. The summed E-state index contributed by atoms with van der Waals surface area (Å²) in [6.45, 7) is 1.81. The van der Waals surface area contributed by atoms with Crippen LogP contribution in [0.4, 0.5) is 0 Å². The molecule has 1 N–H and O–H groups in total. The molecule has 0 saturated carbocycles. The molecule has 1 amide bonds. The quantitative estimate of drug-likeness (QED) is 0.877. The highest BCUT2D eigenvalue weighted by atomic mass is 16.5. The number of aromatic nitrogens is 1. The number of hydrogen-bond acceptors (Lipinski definition) is 4. The average Bonchev–Trinajstić information content (AvgIpc) is 3.02. The third-order valence-corrected chi connectivity index (χ3v) is 4.25. The predicted octanol–water partition coefficient (Wildman–Crippen LogP) is 1.07. The molecule has 0 aliphatic carbocycles. The molecule has 0 bridgehead atoms. The van der Waals surface area contributed by atoms with Crippen LogP contribution in [0.15, 0.2) is 24.4 Å². The molecule has 1 atom stereocenters. The molecule has 2 saturated heterocycles. The minimum Gasteiger partial charge on any atom is -0.383 e. The van der Waals surface area contributed by atoms with Gasteiger partial charge in [-0.25, -0.2) is 0 Å². The Morgan fingerprint density at radius 1 is 1.40 bits per heavy atom. The highest BCUT2D eigenvalue weighted by Crippen LogP contribution is 2.32. The normalized spacial score (nSPS) is 25.6. The summed E-state index contributed by atoms with van der Waals surface area (Å²) in [5.74, 6) is 0.0746. The third-order valence-electron chi connectivity index (χ3n) is 4.25. The van der Waals surface area contributed by atoms with Gasteiger partial charge in [0.1, 0.15) is 11.7 Å². The van der Waals surface area contributed by atoms with E-state index in [0.29, 0.717) is 38.2 Å². The van der Waals surface area contributed by atoms with Crippen molar-refractivity contribution in [1.82, 2.24) is 9.88 Å². The van der Waals surface area contributed by atoms with Gasteiger partial charge < -0.3 is 14.7 Å². The van der Waals surface area contributed by atoms with Gasteiger partial charge in [0.25, 0.3) is 5.91 Å². The molecule has 3 rings (SSSR count). The van der Waals surface area contributed by atoms with E-state index in [1.807, 2.05) is 23.1 Å². The number of pyridine rings is 1. The number of hydrogen-bond donors (Lipinski definition) is 1. The second kappa shape index (κ2) is 5.50. The van der Waals surface area contributed by atoms with Gasteiger partial charge in [0.05, 0.1) is 5.69 Å². The molecule has 5 heteroatoms. The van der Waals surface area contributed by atoms with Crippen LogP contribution in [0.3, 0.4) is 0 Å². The van der Waals surface area contributed by atoms with Crippen molar-refractivity contribution in [3.63, 3.8) is 0 Å². The summed E-state index contributed by atoms with van der Waals surface area (Å²) in [6.07, 6.45) is 4.26. The van der Waals surface area contributed by atoms with Gasteiger partial charge in [-0.2, -0.15) is 0 Å². The zero-order valence-electron chi connectivity index (χ0n) is 11.5. The number of piperidine rings is 1. The van der Waals surface area contributed by atoms with Crippen molar-refractivity contribution in [3.05, 3.63) is 30.1 Å². The number of carbonyl (C=O) groups excluding carboxylic acids is 1. The van der Waals surface area contributed by atoms with Crippen molar-refractivity contribution < 1.29 is 14.6 Å². The topological polar surface area (TPSA) is 62.7 Å². The first-order valence-electron chi connectivity index (χ1n) is 7.23. The summed E-state index contributed by atoms with van der Waals surface area (Å²) >= 11 is 0. The zero-order valence-corrected chi connectivity index (χ0v) is 11.5. The number of nitrogens with zero attached hydrogens (tertiary/aromatic N) is 2. The number of rotatable bonds is 2. The summed E-state index contributed by atoms with van der Waals surface area (Å²) in [5, 5.41) is 10.7. The van der Waals surface area contributed by atoms with Crippen LogP contribution in [0.5, 0.6) is 0 Å². The van der Waals surface area contributed by atoms with Crippen molar-refractivity contribution in [1.29, 1.82) is 0 Å². The second-order valence-corrected chi connectivity index (χ2v) is 5.57. The molecule has 0 aromatic carbocycles. The lowest BCUT2D eigenvalue weighted by Gasteiger charge is -2.38. The van der Waals surface area contributed by atoms with E-state index in [9.17, 15) is 9.90 Å². The van der Waals surface area contributed by atoms with E-state index in [2.05, 4.69) is 4.98 Å². The Bertz CT molecular complexity index is 463. The average molecular weight is 276 g/mol. The molecule has 3 heterocycles. The number of ether oxygens (including phenoxy) is 1. The van der Waals surface area contributed by atoms with Crippen LogP contribution < -0.4 is 0 Å². The van der Waals surface area contributed by atoms with Gasteiger partial charge in [-0.3, -0.25) is 9.78 Å². The molecule has 20 heavy (non-hydrogen) atoms. The van der Waals surface area contributed by atoms with Crippen molar-refractivity contribution in [3.8, 4) is 0 Å². The first-order chi connectivity index (χ1) is 9.69. The van der Waals surface area contributed by atoms with Crippen molar-refractivity contribution in [2.45, 2.75) is 37.4 Å². The fourth-order valence-corrected chi connectivity index (χ4v) is 2.97. The number of carbonyl (C=O) groups is 1. The molecular formula is C15H20N2O3. The maximum absolute atomic E-state index is 12.3. The van der Waals surface area contributed by atoms with Crippen molar-refractivity contribution in [2.75, 3.05) is 19.7 Å². The lowest BCUT2D eigenvalue weighted by Crippen LogP contribution is -2.48. The molecule has 2 aliphatic heterocycles. The van der Waals surface area contributed by atoms with Crippen LogP contribution in [0.25, 0.3) is 0 Å². The second-order valence-electron chi connectivity index (χ2n) is 5.57. The highest BCUT2D eigenvalue weighted by molar-refractivity contribution is 5.81. The van der Waals surface area contributed by atoms with E-state index in [1.165, 1.54) is 0 Å². The van der Waals surface area contributed by atoms with Gasteiger partial charge in [0.2, 0.25) is 0 Å². The Morgan fingerprint density at radius 2 is 2.20 bits per heavy atom.